The Balaban J connectivity index is 2.52. The first-order chi connectivity index (χ1) is 7.41. The summed E-state index contributed by atoms with van der Waals surface area (Å²) in [4.78, 5) is 0. The molecule has 0 aromatic carbocycles. The number of hydrogen-bond acceptors (Lipinski definition) is 3. The van der Waals surface area contributed by atoms with E-state index >= 15 is 0 Å². The standard InChI is InChI=1S/C12H23BO2S/c1-7(2)14-6-10-11(15-8(3)4)9(5)12(13)16-10/h7-12H,6H2,1-5H3/t9-,10+,11?,12+/m0/s1. The van der Waals surface area contributed by atoms with Gasteiger partial charge < -0.3 is 9.47 Å². The largest absolute Gasteiger partial charge is 0.378 e. The van der Waals surface area contributed by atoms with E-state index in [2.05, 4.69) is 34.6 Å². The van der Waals surface area contributed by atoms with Gasteiger partial charge in [-0.1, -0.05) is 6.92 Å². The lowest BCUT2D eigenvalue weighted by Gasteiger charge is -2.25. The maximum absolute atomic E-state index is 6.07. The van der Waals surface area contributed by atoms with Gasteiger partial charge in [-0.3, -0.25) is 0 Å². The summed E-state index contributed by atoms with van der Waals surface area (Å²) in [6.45, 7) is 11.2. The van der Waals surface area contributed by atoms with Gasteiger partial charge in [-0.15, -0.1) is 0 Å². The minimum absolute atomic E-state index is 0.171. The molecule has 0 aromatic heterocycles. The van der Waals surface area contributed by atoms with Crippen molar-refractivity contribution in [3.8, 4) is 0 Å². The summed E-state index contributed by atoms with van der Waals surface area (Å²) >= 11 is 1.79. The van der Waals surface area contributed by atoms with E-state index in [4.69, 9.17) is 17.3 Å². The van der Waals surface area contributed by atoms with Crippen LogP contribution in [0.15, 0.2) is 0 Å². The molecular formula is C12H23BO2S. The molecule has 1 fully saturated rings. The van der Waals surface area contributed by atoms with E-state index in [1.165, 1.54) is 0 Å². The number of thioether (sulfide) groups is 1. The van der Waals surface area contributed by atoms with Crippen LogP contribution in [0.25, 0.3) is 0 Å². The molecule has 2 radical (unpaired) electrons. The predicted octanol–water partition coefficient (Wildman–Crippen LogP) is 2.45. The third-order valence-electron chi connectivity index (χ3n) is 2.76. The maximum Gasteiger partial charge on any atom is 0.0851 e. The van der Waals surface area contributed by atoms with Crippen molar-refractivity contribution < 1.29 is 9.47 Å². The highest BCUT2D eigenvalue weighted by Gasteiger charge is 2.40. The van der Waals surface area contributed by atoms with Crippen molar-refractivity contribution in [2.45, 2.75) is 63.3 Å². The van der Waals surface area contributed by atoms with Crippen LogP contribution < -0.4 is 0 Å². The van der Waals surface area contributed by atoms with Crippen molar-refractivity contribution >= 4 is 19.6 Å². The Bertz CT molecular complexity index is 211. The van der Waals surface area contributed by atoms with E-state index in [0.717, 1.165) is 6.61 Å². The molecule has 0 amide bonds. The molecule has 0 saturated carbocycles. The summed E-state index contributed by atoms with van der Waals surface area (Å²) in [6, 6.07) is 0. The Morgan fingerprint density at radius 2 is 1.81 bits per heavy atom. The number of hydrogen-bond donors (Lipinski definition) is 0. The molecule has 0 N–H and O–H groups in total. The molecule has 1 aliphatic heterocycles. The Morgan fingerprint density at radius 1 is 1.19 bits per heavy atom. The van der Waals surface area contributed by atoms with Gasteiger partial charge in [-0.2, -0.15) is 11.8 Å². The van der Waals surface area contributed by atoms with Crippen LogP contribution in [0.3, 0.4) is 0 Å². The first-order valence-corrected chi connectivity index (χ1v) is 7.04. The van der Waals surface area contributed by atoms with E-state index in [-0.39, 0.29) is 23.5 Å². The molecule has 0 bridgehead atoms. The van der Waals surface area contributed by atoms with E-state index in [9.17, 15) is 0 Å². The minimum Gasteiger partial charge on any atom is -0.378 e. The van der Waals surface area contributed by atoms with Gasteiger partial charge in [-0.25, -0.2) is 0 Å². The number of rotatable bonds is 5. The highest BCUT2D eigenvalue weighted by Crippen LogP contribution is 2.39. The van der Waals surface area contributed by atoms with Crippen LogP contribution in [0.1, 0.15) is 34.6 Å². The fraction of sp³-hybridized carbons (Fsp3) is 1.00. The molecule has 1 unspecified atom stereocenters. The van der Waals surface area contributed by atoms with Gasteiger partial charge in [0.1, 0.15) is 0 Å². The summed E-state index contributed by atoms with van der Waals surface area (Å²) in [5, 5.41) is 0.541. The van der Waals surface area contributed by atoms with Gasteiger partial charge in [0.25, 0.3) is 0 Å². The van der Waals surface area contributed by atoms with Crippen molar-refractivity contribution in [3.63, 3.8) is 0 Å². The lowest BCUT2D eigenvalue weighted by atomic mass is 9.87. The first kappa shape index (κ1) is 14.4. The van der Waals surface area contributed by atoms with Crippen molar-refractivity contribution in [1.82, 2.24) is 0 Å². The average Bonchev–Trinajstić information content (AvgIpc) is 2.42. The van der Waals surface area contributed by atoms with Crippen LogP contribution >= 0.6 is 11.8 Å². The highest BCUT2D eigenvalue weighted by atomic mass is 32.2. The van der Waals surface area contributed by atoms with Crippen molar-refractivity contribution in [2.75, 3.05) is 6.61 Å². The average molecular weight is 242 g/mol. The van der Waals surface area contributed by atoms with E-state index < -0.39 is 0 Å². The zero-order chi connectivity index (χ0) is 12.3. The summed E-state index contributed by atoms with van der Waals surface area (Å²) in [5.41, 5.74) is 0. The van der Waals surface area contributed by atoms with Crippen LogP contribution in [0.5, 0.6) is 0 Å². The van der Waals surface area contributed by atoms with E-state index in [1.54, 1.807) is 11.8 Å². The quantitative estimate of drug-likeness (QED) is 0.690. The van der Waals surface area contributed by atoms with Crippen LogP contribution in [-0.4, -0.2) is 43.2 Å². The Labute approximate surface area is 105 Å². The SMILES string of the molecule is [B][C@@H]1S[C@H](COC(C)C)C(OC(C)C)[C@@H]1C. The molecule has 0 aliphatic carbocycles. The van der Waals surface area contributed by atoms with Gasteiger partial charge in [-0.05, 0) is 38.8 Å². The van der Waals surface area contributed by atoms with Crippen molar-refractivity contribution in [2.24, 2.45) is 5.92 Å². The van der Waals surface area contributed by atoms with Crippen LogP contribution in [0, 0.1) is 5.92 Å². The van der Waals surface area contributed by atoms with Crippen molar-refractivity contribution in [1.29, 1.82) is 0 Å². The molecule has 2 nitrogen and oxygen atoms in total. The fourth-order valence-corrected chi connectivity index (χ4v) is 3.31. The second kappa shape index (κ2) is 6.32. The third kappa shape index (κ3) is 3.97. The molecule has 4 heteroatoms. The second-order valence-corrected chi connectivity index (χ2v) is 6.45. The zero-order valence-corrected chi connectivity index (χ0v) is 11.8. The normalized spacial score (nSPS) is 35.2. The second-order valence-electron chi connectivity index (χ2n) is 5.03. The Hall–Kier alpha value is 0.335. The third-order valence-corrected chi connectivity index (χ3v) is 4.26. The molecule has 1 aliphatic rings. The maximum atomic E-state index is 6.07. The topological polar surface area (TPSA) is 18.5 Å². The highest BCUT2D eigenvalue weighted by molar-refractivity contribution is 8.01. The summed E-state index contributed by atoms with van der Waals surface area (Å²) in [6.07, 6.45) is 0.742. The first-order valence-electron chi connectivity index (χ1n) is 6.10. The molecule has 1 rings (SSSR count). The summed E-state index contributed by atoms with van der Waals surface area (Å²) in [7, 11) is 6.07. The van der Waals surface area contributed by atoms with Crippen molar-refractivity contribution in [3.05, 3.63) is 0 Å². The number of ether oxygens (including phenoxy) is 2. The van der Waals surface area contributed by atoms with Gasteiger partial charge in [0, 0.05) is 0 Å². The van der Waals surface area contributed by atoms with Crippen LogP contribution in [-0.2, 0) is 9.47 Å². The predicted molar refractivity (Wildman–Crippen MR) is 71.2 cm³/mol. The fourth-order valence-electron chi connectivity index (χ4n) is 1.88. The van der Waals surface area contributed by atoms with Gasteiger partial charge in [0.15, 0.2) is 0 Å². The molecule has 16 heavy (non-hydrogen) atoms. The molecule has 4 atom stereocenters. The van der Waals surface area contributed by atoms with E-state index in [0.29, 0.717) is 11.2 Å². The molecular weight excluding hydrogens is 219 g/mol. The summed E-state index contributed by atoms with van der Waals surface area (Å²) in [5.74, 6) is 0.396. The van der Waals surface area contributed by atoms with Gasteiger partial charge in [0.2, 0.25) is 0 Å². The summed E-state index contributed by atoms with van der Waals surface area (Å²) < 4.78 is 11.6. The molecule has 0 aromatic rings. The lowest BCUT2D eigenvalue weighted by Crippen LogP contribution is -2.34. The van der Waals surface area contributed by atoms with Gasteiger partial charge in [0.05, 0.1) is 38.0 Å². The molecule has 1 saturated heterocycles. The Morgan fingerprint density at radius 3 is 2.31 bits per heavy atom. The zero-order valence-electron chi connectivity index (χ0n) is 11.0. The molecule has 1 heterocycles. The lowest BCUT2D eigenvalue weighted by molar-refractivity contribution is -0.0326. The monoisotopic (exact) mass is 242 g/mol. The van der Waals surface area contributed by atoms with Crippen LogP contribution in [0.2, 0.25) is 0 Å². The molecule has 0 spiro atoms. The van der Waals surface area contributed by atoms with Crippen LogP contribution in [0.4, 0.5) is 0 Å². The van der Waals surface area contributed by atoms with E-state index in [1.807, 2.05) is 0 Å². The molecule has 92 valence electrons. The Kier molecular flexibility index (Phi) is 5.68. The minimum atomic E-state index is 0.171. The smallest absolute Gasteiger partial charge is 0.0851 e. The van der Waals surface area contributed by atoms with Gasteiger partial charge >= 0.3 is 0 Å².